The molecule has 3 nitrogen and oxygen atoms in total. The summed E-state index contributed by atoms with van der Waals surface area (Å²) in [4.78, 5) is 20.0. The monoisotopic (exact) mass is 130 g/mol. The number of carbonyl (C=O) groups is 2. The molecule has 0 spiro atoms. The van der Waals surface area contributed by atoms with Crippen LogP contribution in [0.25, 0.3) is 0 Å². The number of carboxylic acids is 1. The molecule has 0 aromatic rings. The molecule has 0 aliphatic rings. The first-order valence-electron chi connectivity index (χ1n) is 2.27. The van der Waals surface area contributed by atoms with E-state index in [4.69, 9.17) is 0 Å². The van der Waals surface area contributed by atoms with Gasteiger partial charge >= 0.3 is 0 Å². The number of ketones is 1. The predicted octanol–water partition coefficient (Wildman–Crippen LogP) is -0.588. The van der Waals surface area contributed by atoms with Gasteiger partial charge in [0.15, 0.2) is 0 Å². The summed E-state index contributed by atoms with van der Waals surface area (Å²) in [6, 6.07) is 0. The second kappa shape index (κ2) is 3.95. The average Bonchev–Trinajstić information content (AvgIpc) is 1.64. The third-order valence-corrected chi connectivity index (χ3v) is 0.963. The van der Waals surface area contributed by atoms with Crippen molar-refractivity contribution in [3.63, 3.8) is 0 Å². The van der Waals surface area contributed by atoms with E-state index in [9.17, 15) is 14.7 Å². The van der Waals surface area contributed by atoms with Crippen molar-refractivity contribution in [2.24, 2.45) is 5.92 Å². The number of hydrogen-bond acceptors (Lipinski definition) is 3. The second-order valence-corrected chi connectivity index (χ2v) is 1.65. The van der Waals surface area contributed by atoms with E-state index in [1.54, 1.807) is 0 Å². The van der Waals surface area contributed by atoms with Crippen molar-refractivity contribution in [3.8, 4) is 0 Å². The van der Waals surface area contributed by atoms with Gasteiger partial charge in [-0.25, -0.2) is 0 Å². The van der Waals surface area contributed by atoms with Crippen molar-refractivity contribution < 1.29 is 14.7 Å². The Balaban J connectivity index is 0. The number of carbonyl (C=O) groups excluding carboxylic acids is 2. The lowest BCUT2D eigenvalue weighted by molar-refractivity contribution is -0.309. The summed E-state index contributed by atoms with van der Waals surface area (Å²) in [6.07, 6.45) is 0. The summed E-state index contributed by atoms with van der Waals surface area (Å²) in [7, 11) is 0. The normalized spacial score (nSPS) is 11.3. The Bertz CT molecular complexity index is 103. The highest BCUT2D eigenvalue weighted by molar-refractivity contribution is 5.95. The maximum Gasteiger partial charge on any atom is 0.138 e. The SMILES string of the molecule is CC(=O)C(C)C(=O)[O-].[CH3+]. The van der Waals surface area contributed by atoms with Gasteiger partial charge in [-0.1, -0.05) is 6.92 Å². The van der Waals surface area contributed by atoms with E-state index in [1.807, 2.05) is 0 Å². The van der Waals surface area contributed by atoms with Gasteiger partial charge in [0.1, 0.15) is 5.78 Å². The van der Waals surface area contributed by atoms with E-state index < -0.39 is 11.9 Å². The highest BCUT2D eigenvalue weighted by Gasteiger charge is 2.06. The van der Waals surface area contributed by atoms with Crippen molar-refractivity contribution in [2.75, 3.05) is 0 Å². The van der Waals surface area contributed by atoms with Crippen LogP contribution in [0.2, 0.25) is 0 Å². The number of carboxylic acid groups (broad SMARTS) is 1. The number of rotatable bonds is 2. The maximum absolute atomic E-state index is 10.2. The van der Waals surface area contributed by atoms with Crippen molar-refractivity contribution in [1.82, 2.24) is 0 Å². The summed E-state index contributed by atoms with van der Waals surface area (Å²) in [6.45, 7) is 2.53. The Hall–Kier alpha value is -0.990. The van der Waals surface area contributed by atoms with Crippen LogP contribution >= 0.6 is 0 Å². The zero-order valence-electron chi connectivity index (χ0n) is 5.80. The van der Waals surface area contributed by atoms with Crippen LogP contribution in [-0.2, 0) is 9.59 Å². The molecule has 0 aliphatic heterocycles. The molecule has 0 aromatic heterocycles. The fourth-order valence-corrected chi connectivity index (χ4v) is 0.166. The molecule has 1 unspecified atom stereocenters. The van der Waals surface area contributed by atoms with Gasteiger partial charge < -0.3 is 9.90 Å². The lowest BCUT2D eigenvalue weighted by Crippen LogP contribution is -2.33. The third-order valence-electron chi connectivity index (χ3n) is 0.963. The zero-order valence-corrected chi connectivity index (χ0v) is 5.80. The molecule has 1 atom stereocenters. The molecule has 0 saturated heterocycles. The van der Waals surface area contributed by atoms with Crippen LogP contribution in [-0.4, -0.2) is 11.8 Å². The number of Topliss-reactive ketones (excluding diaryl/α,β-unsaturated/α-hetero) is 1. The smallest absolute Gasteiger partial charge is 0.138 e. The van der Waals surface area contributed by atoms with Crippen molar-refractivity contribution in [3.05, 3.63) is 7.43 Å². The fourth-order valence-electron chi connectivity index (χ4n) is 0.166. The lowest BCUT2D eigenvalue weighted by atomic mass is 10.1. The van der Waals surface area contributed by atoms with E-state index >= 15 is 0 Å². The summed E-state index contributed by atoms with van der Waals surface area (Å²) in [5.41, 5.74) is 0. The van der Waals surface area contributed by atoms with Crippen LogP contribution in [0.15, 0.2) is 0 Å². The minimum atomic E-state index is -1.31. The molecule has 0 bridgehead atoms. The molecule has 0 aromatic carbocycles. The van der Waals surface area contributed by atoms with E-state index in [0.717, 1.165) is 0 Å². The molecule has 0 N–H and O–H groups in total. The lowest BCUT2D eigenvalue weighted by Gasteiger charge is -2.05. The van der Waals surface area contributed by atoms with Gasteiger partial charge in [-0.05, 0) is 6.92 Å². The van der Waals surface area contributed by atoms with E-state index in [2.05, 4.69) is 0 Å². The minimum absolute atomic E-state index is 0. The van der Waals surface area contributed by atoms with Crippen molar-refractivity contribution in [1.29, 1.82) is 0 Å². The Kier molecular flexibility index (Phi) is 4.78. The summed E-state index contributed by atoms with van der Waals surface area (Å²) >= 11 is 0. The molecule has 0 rings (SSSR count). The van der Waals surface area contributed by atoms with E-state index in [-0.39, 0.29) is 13.2 Å². The van der Waals surface area contributed by atoms with Crippen LogP contribution in [0.1, 0.15) is 13.8 Å². The molecule has 3 heteroatoms. The first-order valence-corrected chi connectivity index (χ1v) is 2.27. The number of hydrogen-bond donors (Lipinski definition) is 0. The van der Waals surface area contributed by atoms with Gasteiger partial charge in [0.25, 0.3) is 0 Å². The molecule has 0 amide bonds. The van der Waals surface area contributed by atoms with Crippen molar-refractivity contribution in [2.45, 2.75) is 13.8 Å². The molecule has 9 heavy (non-hydrogen) atoms. The summed E-state index contributed by atoms with van der Waals surface area (Å²) < 4.78 is 0. The summed E-state index contributed by atoms with van der Waals surface area (Å²) in [5, 5.41) is 9.81. The molecule has 0 fully saturated rings. The first kappa shape index (κ1) is 10.9. The average molecular weight is 130 g/mol. The standard InChI is InChI=1S/C5H8O3.CH3/c1-3(4(2)6)5(7)8;/h3H,1-2H3,(H,7,8);1H3/q;+1/p-1. The molecular formula is C6H10O3. The van der Waals surface area contributed by atoms with Gasteiger partial charge in [-0.2, -0.15) is 0 Å². The van der Waals surface area contributed by atoms with Crippen molar-refractivity contribution >= 4 is 11.8 Å². The third kappa shape index (κ3) is 3.58. The predicted molar refractivity (Wildman–Crippen MR) is 31.3 cm³/mol. The van der Waals surface area contributed by atoms with E-state index in [0.29, 0.717) is 0 Å². The Morgan fingerprint density at radius 1 is 1.44 bits per heavy atom. The molecule has 0 heterocycles. The molecule has 0 radical (unpaired) electrons. The van der Waals surface area contributed by atoms with Gasteiger partial charge in [0.05, 0.1) is 11.9 Å². The largest absolute Gasteiger partial charge is 0.549 e. The highest BCUT2D eigenvalue weighted by atomic mass is 16.4. The Morgan fingerprint density at radius 2 is 1.78 bits per heavy atom. The Morgan fingerprint density at radius 3 is 1.78 bits per heavy atom. The van der Waals surface area contributed by atoms with Gasteiger partial charge in [-0.15, -0.1) is 0 Å². The minimum Gasteiger partial charge on any atom is -0.549 e. The van der Waals surface area contributed by atoms with Crippen LogP contribution in [0.5, 0.6) is 0 Å². The number of aliphatic carboxylic acids is 1. The highest BCUT2D eigenvalue weighted by Crippen LogP contribution is 1.91. The fraction of sp³-hybridized carbons (Fsp3) is 0.500. The topological polar surface area (TPSA) is 57.2 Å². The van der Waals surface area contributed by atoms with Gasteiger partial charge in [0.2, 0.25) is 0 Å². The van der Waals surface area contributed by atoms with Gasteiger partial charge in [-0.3, -0.25) is 4.79 Å². The van der Waals surface area contributed by atoms with Crippen LogP contribution in [0.4, 0.5) is 0 Å². The van der Waals surface area contributed by atoms with Crippen LogP contribution in [0.3, 0.4) is 0 Å². The molecular weight excluding hydrogens is 120 g/mol. The Labute approximate surface area is 54.7 Å². The molecule has 0 saturated carbocycles. The molecule has 0 aliphatic carbocycles. The van der Waals surface area contributed by atoms with Gasteiger partial charge in [0, 0.05) is 7.43 Å². The maximum atomic E-state index is 10.2. The second-order valence-electron chi connectivity index (χ2n) is 1.65. The first-order chi connectivity index (χ1) is 3.55. The van der Waals surface area contributed by atoms with E-state index in [1.165, 1.54) is 13.8 Å². The quantitative estimate of drug-likeness (QED) is 0.371. The molecule has 52 valence electrons. The summed E-state index contributed by atoms with van der Waals surface area (Å²) in [5.74, 6) is -2.64. The van der Waals surface area contributed by atoms with Crippen LogP contribution in [0, 0.1) is 13.3 Å². The zero-order chi connectivity index (χ0) is 6.73. The van der Waals surface area contributed by atoms with Crippen LogP contribution < -0.4 is 5.11 Å².